The van der Waals surface area contributed by atoms with Gasteiger partial charge in [-0.05, 0) is 60.4 Å². The van der Waals surface area contributed by atoms with E-state index in [0.29, 0.717) is 24.1 Å². The summed E-state index contributed by atoms with van der Waals surface area (Å²) in [6.07, 6.45) is 7.28. The van der Waals surface area contributed by atoms with Crippen LogP contribution in [0.25, 0.3) is 5.57 Å². The lowest BCUT2D eigenvalue weighted by Gasteiger charge is -2.11. The van der Waals surface area contributed by atoms with Crippen LogP contribution in [0.5, 0.6) is 5.75 Å². The van der Waals surface area contributed by atoms with Crippen LogP contribution in [0.4, 0.5) is 13.2 Å². The second-order valence-corrected chi connectivity index (χ2v) is 7.23. The van der Waals surface area contributed by atoms with Crippen molar-refractivity contribution in [1.82, 2.24) is 10.9 Å². The number of hydrogen-bond donors (Lipinski definition) is 3. The minimum atomic E-state index is -4.62. The van der Waals surface area contributed by atoms with Gasteiger partial charge in [0.15, 0.2) is 0 Å². The van der Waals surface area contributed by atoms with Crippen LogP contribution in [0, 0.1) is 11.8 Å². The van der Waals surface area contributed by atoms with Gasteiger partial charge in [0.1, 0.15) is 18.3 Å². The molecule has 0 bridgehead atoms. The number of halogens is 3. The molecule has 0 saturated carbocycles. The van der Waals surface area contributed by atoms with Crippen molar-refractivity contribution < 1.29 is 18.3 Å². The number of aliphatic imine (C=N–C) groups is 1. The summed E-state index contributed by atoms with van der Waals surface area (Å²) < 4.78 is 40.2. The molecule has 162 valence electrons. The highest BCUT2D eigenvalue weighted by Gasteiger charge is 2.33. The van der Waals surface area contributed by atoms with Gasteiger partial charge in [-0.25, -0.2) is 10.4 Å². The Labute approximate surface area is 183 Å². The maximum absolute atomic E-state index is 13.4. The largest absolute Gasteiger partial charge is 0.508 e. The smallest absolute Gasteiger partial charge is 0.417 e. The van der Waals surface area contributed by atoms with E-state index in [0.717, 1.165) is 29.5 Å². The molecule has 4 rings (SSSR count). The summed E-state index contributed by atoms with van der Waals surface area (Å²) in [4.78, 5) is 4.35. The average Bonchev–Trinajstić information content (AvgIpc) is 3.27. The number of phenols is 1. The Kier molecular flexibility index (Phi) is 6.15. The van der Waals surface area contributed by atoms with E-state index in [1.54, 1.807) is 6.07 Å². The summed E-state index contributed by atoms with van der Waals surface area (Å²) >= 11 is 0. The molecule has 7 heteroatoms. The Morgan fingerprint density at radius 2 is 1.75 bits per heavy atom. The van der Waals surface area contributed by atoms with Crippen molar-refractivity contribution in [3.63, 3.8) is 0 Å². The zero-order valence-electron chi connectivity index (χ0n) is 17.0. The standard InChI is InChI=1S/C25H20F3N3O/c26-25(27,28)23-15-21(32)13-12-19(23)10-8-18-9-11-20(24-29-16-30-31-24)14-22(18)17-6-4-2-1-3-5-7-17/h2,4-7,9,11-15,30,32H,1,3,16H2,(H,29,31). The summed E-state index contributed by atoms with van der Waals surface area (Å²) in [5, 5.41) is 9.49. The van der Waals surface area contributed by atoms with Gasteiger partial charge in [-0.3, -0.25) is 0 Å². The van der Waals surface area contributed by atoms with Crippen LogP contribution in [-0.4, -0.2) is 17.6 Å². The molecule has 0 amide bonds. The van der Waals surface area contributed by atoms with Gasteiger partial charge >= 0.3 is 6.18 Å². The number of amidine groups is 1. The topological polar surface area (TPSA) is 56.7 Å². The van der Waals surface area contributed by atoms with Crippen LogP contribution in [0.2, 0.25) is 0 Å². The molecule has 0 atom stereocenters. The Morgan fingerprint density at radius 1 is 0.969 bits per heavy atom. The lowest BCUT2D eigenvalue weighted by atomic mass is 9.94. The minimum absolute atomic E-state index is 0.196. The highest BCUT2D eigenvalue weighted by atomic mass is 19.4. The summed E-state index contributed by atoms with van der Waals surface area (Å²) in [5.41, 5.74) is 7.89. The van der Waals surface area contributed by atoms with E-state index in [2.05, 4.69) is 39.8 Å². The molecule has 3 N–H and O–H groups in total. The zero-order chi connectivity index (χ0) is 22.6. The predicted molar refractivity (Wildman–Crippen MR) is 119 cm³/mol. The van der Waals surface area contributed by atoms with Gasteiger partial charge < -0.3 is 10.5 Å². The van der Waals surface area contributed by atoms with E-state index in [1.165, 1.54) is 12.1 Å². The molecule has 2 aromatic rings. The van der Waals surface area contributed by atoms with Crippen molar-refractivity contribution in [3.8, 4) is 17.6 Å². The number of benzene rings is 2. The molecule has 32 heavy (non-hydrogen) atoms. The van der Waals surface area contributed by atoms with Crippen LogP contribution in [0.3, 0.4) is 0 Å². The Bertz CT molecular complexity index is 1210. The molecule has 0 spiro atoms. The van der Waals surface area contributed by atoms with E-state index in [1.807, 2.05) is 30.4 Å². The molecule has 1 aliphatic heterocycles. The number of hydrazine groups is 1. The lowest BCUT2D eigenvalue weighted by molar-refractivity contribution is -0.137. The van der Waals surface area contributed by atoms with Crippen molar-refractivity contribution in [2.24, 2.45) is 4.99 Å². The lowest BCUT2D eigenvalue weighted by Crippen LogP contribution is -2.30. The number of nitrogens with zero attached hydrogens (tertiary/aromatic N) is 1. The molecule has 0 radical (unpaired) electrons. The molecule has 0 unspecified atom stereocenters. The first kappa shape index (κ1) is 21.5. The molecule has 0 fully saturated rings. The first-order valence-corrected chi connectivity index (χ1v) is 10.1. The van der Waals surface area contributed by atoms with Crippen molar-refractivity contribution in [1.29, 1.82) is 0 Å². The third kappa shape index (κ3) is 4.93. The zero-order valence-corrected chi connectivity index (χ0v) is 17.0. The third-order valence-electron chi connectivity index (χ3n) is 4.98. The number of aromatic hydroxyl groups is 1. The maximum Gasteiger partial charge on any atom is 0.417 e. The summed E-state index contributed by atoms with van der Waals surface area (Å²) in [5.74, 6) is 5.79. The molecular formula is C25H20F3N3O. The van der Waals surface area contributed by atoms with Crippen LogP contribution >= 0.6 is 0 Å². The summed E-state index contributed by atoms with van der Waals surface area (Å²) in [7, 11) is 0. The second-order valence-electron chi connectivity index (χ2n) is 7.23. The normalized spacial score (nSPS) is 15.7. The fourth-order valence-corrected chi connectivity index (χ4v) is 3.40. The predicted octanol–water partition coefficient (Wildman–Crippen LogP) is 4.91. The second kappa shape index (κ2) is 9.16. The molecule has 4 nitrogen and oxygen atoms in total. The number of allylic oxidation sites excluding steroid dienone is 6. The summed E-state index contributed by atoms with van der Waals surface area (Å²) in [6, 6.07) is 8.61. The summed E-state index contributed by atoms with van der Waals surface area (Å²) in [6.45, 7) is 0.457. The minimum Gasteiger partial charge on any atom is -0.508 e. The molecule has 1 aliphatic carbocycles. The van der Waals surface area contributed by atoms with Crippen LogP contribution in [0.1, 0.15) is 40.7 Å². The van der Waals surface area contributed by atoms with Gasteiger partial charge in [0.05, 0.1) is 5.56 Å². The van der Waals surface area contributed by atoms with E-state index in [4.69, 9.17) is 0 Å². The Morgan fingerprint density at radius 3 is 2.53 bits per heavy atom. The molecule has 2 aromatic carbocycles. The van der Waals surface area contributed by atoms with Crippen LogP contribution in [0.15, 0.2) is 71.8 Å². The van der Waals surface area contributed by atoms with Crippen molar-refractivity contribution in [2.75, 3.05) is 6.67 Å². The monoisotopic (exact) mass is 435 g/mol. The van der Waals surface area contributed by atoms with Crippen LogP contribution in [-0.2, 0) is 6.18 Å². The third-order valence-corrected chi connectivity index (χ3v) is 4.98. The fourth-order valence-electron chi connectivity index (χ4n) is 3.40. The number of nitrogens with one attached hydrogen (secondary N) is 2. The van der Waals surface area contributed by atoms with E-state index in [-0.39, 0.29) is 5.56 Å². The van der Waals surface area contributed by atoms with Crippen LogP contribution < -0.4 is 10.9 Å². The van der Waals surface area contributed by atoms with Crippen molar-refractivity contribution >= 4 is 11.4 Å². The fraction of sp³-hybridized carbons (Fsp3) is 0.160. The maximum atomic E-state index is 13.4. The molecular weight excluding hydrogens is 415 g/mol. The van der Waals surface area contributed by atoms with Gasteiger partial charge in [0.2, 0.25) is 0 Å². The van der Waals surface area contributed by atoms with E-state index >= 15 is 0 Å². The van der Waals surface area contributed by atoms with Gasteiger partial charge in [0, 0.05) is 16.7 Å². The highest BCUT2D eigenvalue weighted by Crippen LogP contribution is 2.34. The first-order chi connectivity index (χ1) is 15.4. The van der Waals surface area contributed by atoms with E-state index in [9.17, 15) is 18.3 Å². The van der Waals surface area contributed by atoms with Gasteiger partial charge in [-0.15, -0.1) is 0 Å². The van der Waals surface area contributed by atoms with Gasteiger partial charge in [0.25, 0.3) is 0 Å². The SMILES string of the molecule is Oc1ccc(C#Cc2ccc(C3=NCNN3)cc2C2=CC=CCCC=C2)c(C(F)(F)F)c1. The first-order valence-electron chi connectivity index (χ1n) is 10.1. The quantitative estimate of drug-likeness (QED) is 0.588. The number of phenolic OH excluding ortho intramolecular Hbond substituents is 1. The molecule has 1 heterocycles. The average molecular weight is 435 g/mol. The van der Waals surface area contributed by atoms with Gasteiger partial charge in [-0.1, -0.05) is 42.2 Å². The highest BCUT2D eigenvalue weighted by molar-refractivity contribution is 6.00. The molecule has 0 saturated heterocycles. The van der Waals surface area contributed by atoms with Crippen molar-refractivity contribution in [3.05, 3.63) is 94.6 Å². The van der Waals surface area contributed by atoms with Gasteiger partial charge in [-0.2, -0.15) is 13.2 Å². The Hall–Kier alpha value is -3.76. The van der Waals surface area contributed by atoms with E-state index < -0.39 is 17.5 Å². The Balaban J connectivity index is 1.82. The number of rotatable bonds is 2. The van der Waals surface area contributed by atoms with Crippen molar-refractivity contribution in [2.45, 2.75) is 19.0 Å². The number of alkyl halides is 3. The molecule has 0 aromatic heterocycles. The number of hydrogen-bond acceptors (Lipinski definition) is 4. The molecule has 2 aliphatic rings.